The van der Waals surface area contributed by atoms with Crippen molar-refractivity contribution in [3.05, 3.63) is 28.5 Å². The molecule has 0 spiro atoms. The molecule has 2 aromatic rings. The molecule has 1 aromatic carbocycles. The van der Waals surface area contributed by atoms with Gasteiger partial charge in [0.2, 0.25) is 0 Å². The van der Waals surface area contributed by atoms with Gasteiger partial charge >= 0.3 is 0 Å². The summed E-state index contributed by atoms with van der Waals surface area (Å²) in [5.74, 6) is 1.35. The smallest absolute Gasteiger partial charge is 0.125 e. The first-order chi connectivity index (χ1) is 8.70. The molecule has 0 bridgehead atoms. The van der Waals surface area contributed by atoms with Gasteiger partial charge in [0.15, 0.2) is 0 Å². The zero-order valence-electron chi connectivity index (χ0n) is 10.1. The number of hydrogen-bond acceptors (Lipinski definition) is 2. The molecule has 0 aliphatic carbocycles. The van der Waals surface area contributed by atoms with E-state index in [9.17, 15) is 0 Å². The van der Waals surface area contributed by atoms with Gasteiger partial charge in [0, 0.05) is 11.1 Å². The Kier molecular flexibility index (Phi) is 3.34. The van der Waals surface area contributed by atoms with Crippen LogP contribution < -0.4 is 0 Å². The van der Waals surface area contributed by atoms with Gasteiger partial charge in [0.25, 0.3) is 0 Å². The van der Waals surface area contributed by atoms with E-state index in [1.807, 2.05) is 12.1 Å². The molecule has 1 aromatic heterocycles. The van der Waals surface area contributed by atoms with Crippen molar-refractivity contribution < 1.29 is 4.74 Å². The third-order valence-electron chi connectivity index (χ3n) is 3.51. The van der Waals surface area contributed by atoms with Crippen molar-refractivity contribution in [1.29, 1.82) is 0 Å². The Hall–Kier alpha value is -0.580. The fraction of sp³-hybridized carbons (Fsp3) is 0.462. The second-order valence-electron chi connectivity index (χ2n) is 4.60. The Balaban J connectivity index is 2.21. The van der Waals surface area contributed by atoms with E-state index in [0.717, 1.165) is 34.4 Å². The van der Waals surface area contributed by atoms with Crippen molar-refractivity contribution >= 4 is 38.6 Å². The molecule has 5 heteroatoms. The molecule has 1 fully saturated rings. The molecular weight excluding hydrogens is 316 g/mol. The number of nitrogens with zero attached hydrogens (tertiary/aromatic N) is 2. The van der Waals surface area contributed by atoms with Crippen molar-refractivity contribution in [2.45, 2.75) is 31.4 Å². The van der Waals surface area contributed by atoms with Crippen molar-refractivity contribution in [2.75, 3.05) is 6.61 Å². The molecule has 96 valence electrons. The molecule has 3 rings (SSSR count). The normalized spacial score (nSPS) is 23.9. The Bertz CT molecular complexity index is 584. The molecule has 0 saturated carbocycles. The fourth-order valence-electron chi connectivity index (χ4n) is 2.64. The lowest BCUT2D eigenvalue weighted by Gasteiger charge is -2.19. The lowest BCUT2D eigenvalue weighted by Crippen LogP contribution is -2.18. The Morgan fingerprint density at radius 1 is 1.56 bits per heavy atom. The number of halogens is 2. The maximum Gasteiger partial charge on any atom is 0.125 e. The van der Waals surface area contributed by atoms with Gasteiger partial charge in [0.05, 0.1) is 29.1 Å². The molecule has 1 aliphatic heterocycles. The van der Waals surface area contributed by atoms with Gasteiger partial charge in [-0.25, -0.2) is 4.98 Å². The van der Waals surface area contributed by atoms with Gasteiger partial charge in [0.1, 0.15) is 5.82 Å². The lowest BCUT2D eigenvalue weighted by molar-refractivity contribution is 0.108. The topological polar surface area (TPSA) is 27.1 Å². The van der Waals surface area contributed by atoms with Gasteiger partial charge in [-0.2, -0.15) is 0 Å². The van der Waals surface area contributed by atoms with Crippen molar-refractivity contribution in [2.24, 2.45) is 0 Å². The Morgan fingerprint density at radius 3 is 3.06 bits per heavy atom. The summed E-state index contributed by atoms with van der Waals surface area (Å²) in [5.41, 5.74) is 2.12. The summed E-state index contributed by atoms with van der Waals surface area (Å²) in [5, 5.41) is 0. The van der Waals surface area contributed by atoms with Crippen LogP contribution in [-0.2, 0) is 10.6 Å². The summed E-state index contributed by atoms with van der Waals surface area (Å²) >= 11 is 9.55. The number of rotatable bonds is 2. The second-order valence-corrected chi connectivity index (χ2v) is 5.78. The average Bonchev–Trinajstić information content (AvgIpc) is 2.91. The van der Waals surface area contributed by atoms with Gasteiger partial charge in [-0.1, -0.05) is 15.9 Å². The molecule has 3 nitrogen and oxygen atoms in total. The summed E-state index contributed by atoms with van der Waals surface area (Å²) in [6.07, 6.45) is 1.23. The van der Waals surface area contributed by atoms with E-state index in [-0.39, 0.29) is 6.10 Å². The number of alkyl halides is 1. The van der Waals surface area contributed by atoms with Crippen LogP contribution >= 0.6 is 27.5 Å². The van der Waals surface area contributed by atoms with Gasteiger partial charge in [-0.15, -0.1) is 11.6 Å². The highest BCUT2D eigenvalue weighted by Gasteiger charge is 2.29. The van der Waals surface area contributed by atoms with Crippen molar-refractivity contribution in [1.82, 2.24) is 9.55 Å². The molecule has 1 aliphatic rings. The quantitative estimate of drug-likeness (QED) is 0.782. The van der Waals surface area contributed by atoms with Crippen molar-refractivity contribution in [3.8, 4) is 0 Å². The van der Waals surface area contributed by atoms with Crippen LogP contribution in [0.15, 0.2) is 22.7 Å². The van der Waals surface area contributed by atoms with Crippen LogP contribution in [0.5, 0.6) is 0 Å². The SMILES string of the molecule is CC1OCCC1n1c(CCl)nc2ccc(Br)cc21. The zero-order valence-corrected chi connectivity index (χ0v) is 12.4. The third-order valence-corrected chi connectivity index (χ3v) is 4.24. The molecule has 18 heavy (non-hydrogen) atoms. The summed E-state index contributed by atoms with van der Waals surface area (Å²) in [6.45, 7) is 2.92. The number of imidazole rings is 1. The zero-order chi connectivity index (χ0) is 12.7. The first-order valence-electron chi connectivity index (χ1n) is 6.04. The van der Waals surface area contributed by atoms with E-state index >= 15 is 0 Å². The van der Waals surface area contributed by atoms with Crippen LogP contribution in [0.1, 0.15) is 25.2 Å². The number of aromatic nitrogens is 2. The van der Waals surface area contributed by atoms with E-state index in [1.54, 1.807) is 0 Å². The minimum atomic E-state index is 0.211. The molecule has 1 saturated heterocycles. The van der Waals surface area contributed by atoms with Crippen LogP contribution in [0.2, 0.25) is 0 Å². The molecule has 0 N–H and O–H groups in total. The minimum absolute atomic E-state index is 0.211. The highest BCUT2D eigenvalue weighted by molar-refractivity contribution is 9.10. The monoisotopic (exact) mass is 328 g/mol. The Labute approximate surface area is 119 Å². The largest absolute Gasteiger partial charge is 0.376 e. The first-order valence-corrected chi connectivity index (χ1v) is 7.37. The molecule has 2 atom stereocenters. The third kappa shape index (κ3) is 1.96. The number of benzene rings is 1. The van der Waals surface area contributed by atoms with Crippen molar-refractivity contribution in [3.63, 3.8) is 0 Å². The maximum absolute atomic E-state index is 6.03. The van der Waals surface area contributed by atoms with E-state index in [2.05, 4.69) is 38.5 Å². The van der Waals surface area contributed by atoms with E-state index in [0.29, 0.717) is 11.9 Å². The minimum Gasteiger partial charge on any atom is -0.376 e. The molecule has 0 amide bonds. The number of hydrogen-bond donors (Lipinski definition) is 0. The number of fused-ring (bicyclic) bond motifs is 1. The predicted molar refractivity (Wildman–Crippen MR) is 76.1 cm³/mol. The van der Waals surface area contributed by atoms with Crippen LogP contribution in [0.25, 0.3) is 11.0 Å². The summed E-state index contributed by atoms with van der Waals surface area (Å²) in [6, 6.07) is 6.46. The Morgan fingerprint density at radius 2 is 2.39 bits per heavy atom. The molecular formula is C13H14BrClN2O. The molecule has 2 unspecified atom stereocenters. The summed E-state index contributed by atoms with van der Waals surface area (Å²) < 4.78 is 8.96. The summed E-state index contributed by atoms with van der Waals surface area (Å²) in [7, 11) is 0. The number of ether oxygens (including phenoxy) is 1. The predicted octanol–water partition coefficient (Wildman–Crippen LogP) is 3.89. The lowest BCUT2D eigenvalue weighted by atomic mass is 10.1. The molecule has 0 radical (unpaired) electrons. The first kappa shape index (κ1) is 12.5. The van der Waals surface area contributed by atoms with E-state index in [1.165, 1.54) is 0 Å². The van der Waals surface area contributed by atoms with Crippen LogP contribution in [0.4, 0.5) is 0 Å². The van der Waals surface area contributed by atoms with Gasteiger partial charge in [-0.05, 0) is 31.5 Å². The van der Waals surface area contributed by atoms with E-state index < -0.39 is 0 Å². The average molecular weight is 330 g/mol. The van der Waals surface area contributed by atoms with Crippen LogP contribution in [0.3, 0.4) is 0 Å². The van der Waals surface area contributed by atoms with Crippen LogP contribution in [-0.4, -0.2) is 22.3 Å². The van der Waals surface area contributed by atoms with E-state index in [4.69, 9.17) is 16.3 Å². The molecule has 2 heterocycles. The fourth-order valence-corrected chi connectivity index (χ4v) is 3.18. The highest BCUT2D eigenvalue weighted by atomic mass is 79.9. The maximum atomic E-state index is 6.03. The van der Waals surface area contributed by atoms with Gasteiger partial charge < -0.3 is 9.30 Å². The van der Waals surface area contributed by atoms with Crippen LogP contribution in [0, 0.1) is 0 Å². The second kappa shape index (κ2) is 4.83. The standard InChI is InChI=1S/C13H14BrClN2O/c1-8-11(4-5-18-8)17-12-6-9(14)2-3-10(12)16-13(17)7-15/h2-3,6,8,11H,4-5,7H2,1H3. The highest BCUT2D eigenvalue weighted by Crippen LogP contribution is 2.32. The van der Waals surface area contributed by atoms with Gasteiger partial charge in [-0.3, -0.25) is 0 Å². The summed E-state index contributed by atoms with van der Waals surface area (Å²) in [4.78, 5) is 4.61.